The van der Waals surface area contributed by atoms with Gasteiger partial charge in [-0.1, -0.05) is 24.3 Å². The second-order valence-electron chi connectivity index (χ2n) is 5.30. The van der Waals surface area contributed by atoms with E-state index in [0.29, 0.717) is 23.7 Å². The van der Waals surface area contributed by atoms with Crippen LogP contribution in [-0.4, -0.2) is 13.1 Å². The number of allylic oxidation sites excluding steroid dienone is 7. The summed E-state index contributed by atoms with van der Waals surface area (Å²) in [5.74, 6) is 2.07. The molecule has 1 fully saturated rings. The number of carbonyl (C=O) groups is 1. The Hall–Kier alpha value is -1.57. The molecule has 4 unspecified atom stereocenters. The zero-order chi connectivity index (χ0) is 11.7. The zero-order valence-electron chi connectivity index (χ0n) is 9.94. The van der Waals surface area contributed by atoms with Crippen LogP contribution >= 0.6 is 0 Å². The fraction of sp³-hybridized carbons (Fsp3) is 0.400. The molecule has 5 aliphatic rings. The molecule has 2 nitrogen and oxygen atoms in total. The molecule has 0 N–H and O–H groups in total. The first kappa shape index (κ1) is 9.46. The highest BCUT2D eigenvalue weighted by molar-refractivity contribution is 5.94. The van der Waals surface area contributed by atoms with Crippen LogP contribution in [-0.2, 0) is 9.53 Å². The Bertz CT molecular complexity index is 559. The average molecular weight is 226 g/mol. The summed E-state index contributed by atoms with van der Waals surface area (Å²) in [6.07, 6.45) is 8.78. The second-order valence-corrected chi connectivity index (χ2v) is 5.30. The van der Waals surface area contributed by atoms with E-state index in [1.54, 1.807) is 0 Å². The molecule has 0 radical (unpaired) electrons. The molecule has 86 valence electrons. The Labute approximate surface area is 100 Å². The van der Waals surface area contributed by atoms with Gasteiger partial charge < -0.3 is 4.74 Å². The minimum Gasteiger partial charge on any atom is -0.466 e. The van der Waals surface area contributed by atoms with Crippen molar-refractivity contribution in [1.29, 1.82) is 0 Å². The summed E-state index contributed by atoms with van der Waals surface area (Å²) in [6.45, 7) is 2.08. The van der Waals surface area contributed by atoms with Gasteiger partial charge in [0.2, 0.25) is 0 Å². The van der Waals surface area contributed by atoms with E-state index in [1.165, 1.54) is 23.8 Å². The van der Waals surface area contributed by atoms with E-state index in [0.717, 1.165) is 5.57 Å². The lowest BCUT2D eigenvalue weighted by atomic mass is 9.78. The molecule has 5 aliphatic carbocycles. The van der Waals surface area contributed by atoms with Gasteiger partial charge in [-0.15, -0.1) is 0 Å². The van der Waals surface area contributed by atoms with Gasteiger partial charge in [0.25, 0.3) is 0 Å². The van der Waals surface area contributed by atoms with Crippen molar-refractivity contribution in [3.8, 4) is 0 Å². The number of hydrogen-bond donors (Lipinski definition) is 0. The van der Waals surface area contributed by atoms with E-state index in [2.05, 4.69) is 31.2 Å². The van der Waals surface area contributed by atoms with Crippen LogP contribution in [0, 0.1) is 23.7 Å². The van der Waals surface area contributed by atoms with Crippen molar-refractivity contribution in [3.05, 3.63) is 46.6 Å². The van der Waals surface area contributed by atoms with E-state index < -0.39 is 0 Å². The van der Waals surface area contributed by atoms with Crippen molar-refractivity contribution in [2.75, 3.05) is 7.11 Å². The molecular formula is C15H14O2. The molecule has 2 heteroatoms. The number of rotatable bonds is 1. The molecule has 17 heavy (non-hydrogen) atoms. The average Bonchev–Trinajstić information content (AvgIpc) is 2.97. The maximum Gasteiger partial charge on any atom is 0.334 e. The van der Waals surface area contributed by atoms with Crippen LogP contribution in [0.3, 0.4) is 0 Å². The highest BCUT2D eigenvalue weighted by atomic mass is 16.5. The molecule has 0 aromatic heterocycles. The summed E-state index contributed by atoms with van der Waals surface area (Å²) >= 11 is 0. The predicted molar refractivity (Wildman–Crippen MR) is 64.0 cm³/mol. The largest absolute Gasteiger partial charge is 0.466 e. The number of ether oxygens (including phenoxy) is 1. The summed E-state index contributed by atoms with van der Waals surface area (Å²) in [5, 5.41) is 0. The molecule has 5 rings (SSSR count). The molecular weight excluding hydrogens is 212 g/mol. The first-order chi connectivity index (χ1) is 8.25. The highest BCUT2D eigenvalue weighted by Crippen LogP contribution is 2.71. The number of carbonyl (C=O) groups excluding carboxylic acids is 1. The SMILES string of the molecule is COC(=O)C1=C(C)C2=C3C=CC=CC2C2C3C12. The Kier molecular flexibility index (Phi) is 1.56. The van der Waals surface area contributed by atoms with Crippen molar-refractivity contribution in [3.63, 3.8) is 0 Å². The molecule has 0 amide bonds. The van der Waals surface area contributed by atoms with Gasteiger partial charge in [0.1, 0.15) is 0 Å². The van der Waals surface area contributed by atoms with Crippen molar-refractivity contribution in [2.24, 2.45) is 23.7 Å². The summed E-state index contributed by atoms with van der Waals surface area (Å²) < 4.78 is 4.92. The minimum absolute atomic E-state index is 0.123. The van der Waals surface area contributed by atoms with E-state index in [-0.39, 0.29) is 5.97 Å². The van der Waals surface area contributed by atoms with Crippen LogP contribution in [0.5, 0.6) is 0 Å². The number of hydrogen-bond acceptors (Lipinski definition) is 2. The van der Waals surface area contributed by atoms with Crippen molar-refractivity contribution >= 4 is 5.97 Å². The quantitative estimate of drug-likeness (QED) is 0.642. The second kappa shape index (κ2) is 2.81. The standard InChI is InChI=1S/C15H14O2/c1-7-10-8-5-3-4-6-9(10)13-12(8)14(13)11(7)15(16)17-2/h3-6,8,12-14H,1-2H3. The third-order valence-electron chi connectivity index (χ3n) is 4.75. The maximum absolute atomic E-state index is 11.8. The van der Waals surface area contributed by atoms with Gasteiger partial charge in [0.05, 0.1) is 7.11 Å². The van der Waals surface area contributed by atoms with Crippen molar-refractivity contribution in [2.45, 2.75) is 6.92 Å². The molecule has 6 bridgehead atoms. The Morgan fingerprint density at radius 2 is 2.12 bits per heavy atom. The number of methoxy groups -OCH3 is 1. The normalized spacial score (nSPS) is 39.6. The summed E-state index contributed by atoms with van der Waals surface area (Å²) in [7, 11) is 1.48. The lowest BCUT2D eigenvalue weighted by Gasteiger charge is -2.26. The zero-order valence-corrected chi connectivity index (χ0v) is 9.94. The molecule has 0 aliphatic heterocycles. The van der Waals surface area contributed by atoms with Crippen LogP contribution in [0.25, 0.3) is 0 Å². The monoisotopic (exact) mass is 226 g/mol. The van der Waals surface area contributed by atoms with Crippen LogP contribution in [0.15, 0.2) is 46.6 Å². The van der Waals surface area contributed by atoms with E-state index in [4.69, 9.17) is 4.74 Å². The number of esters is 1. The third-order valence-corrected chi connectivity index (χ3v) is 4.75. The Morgan fingerprint density at radius 1 is 1.29 bits per heavy atom. The fourth-order valence-corrected chi connectivity index (χ4v) is 4.15. The first-order valence-electron chi connectivity index (χ1n) is 6.14. The molecule has 0 spiro atoms. The Balaban J connectivity index is 1.93. The van der Waals surface area contributed by atoms with Crippen molar-refractivity contribution in [1.82, 2.24) is 0 Å². The maximum atomic E-state index is 11.8. The van der Waals surface area contributed by atoms with Gasteiger partial charge in [0.15, 0.2) is 0 Å². The van der Waals surface area contributed by atoms with Gasteiger partial charge in [-0.2, -0.15) is 0 Å². The summed E-state index contributed by atoms with van der Waals surface area (Å²) in [4.78, 5) is 11.8. The first-order valence-corrected chi connectivity index (χ1v) is 6.14. The van der Waals surface area contributed by atoms with Crippen LogP contribution in [0.2, 0.25) is 0 Å². The van der Waals surface area contributed by atoms with Gasteiger partial charge in [-0.05, 0) is 35.5 Å². The lowest BCUT2D eigenvalue weighted by molar-refractivity contribution is -0.136. The molecule has 4 atom stereocenters. The topological polar surface area (TPSA) is 26.3 Å². The molecule has 0 heterocycles. The molecule has 0 aromatic carbocycles. The highest BCUT2D eigenvalue weighted by Gasteiger charge is 2.66. The van der Waals surface area contributed by atoms with Crippen molar-refractivity contribution < 1.29 is 9.53 Å². The van der Waals surface area contributed by atoms with Gasteiger partial charge in [0, 0.05) is 17.4 Å². The summed E-state index contributed by atoms with van der Waals surface area (Å²) in [6, 6.07) is 0. The third kappa shape index (κ3) is 0.912. The van der Waals surface area contributed by atoms with Gasteiger partial charge in [-0.3, -0.25) is 0 Å². The van der Waals surface area contributed by atoms with Gasteiger partial charge in [-0.25, -0.2) is 4.79 Å². The smallest absolute Gasteiger partial charge is 0.334 e. The van der Waals surface area contributed by atoms with E-state index >= 15 is 0 Å². The van der Waals surface area contributed by atoms with Crippen LogP contribution in [0.4, 0.5) is 0 Å². The molecule has 0 aromatic rings. The molecule has 1 saturated carbocycles. The minimum atomic E-state index is -0.123. The van der Waals surface area contributed by atoms with Crippen LogP contribution in [0.1, 0.15) is 6.92 Å². The van der Waals surface area contributed by atoms with E-state index in [1.807, 2.05) is 0 Å². The van der Waals surface area contributed by atoms with E-state index in [9.17, 15) is 4.79 Å². The molecule has 0 saturated heterocycles. The Morgan fingerprint density at radius 3 is 2.88 bits per heavy atom. The van der Waals surface area contributed by atoms with Crippen LogP contribution < -0.4 is 0 Å². The van der Waals surface area contributed by atoms with Gasteiger partial charge >= 0.3 is 5.97 Å². The summed E-state index contributed by atoms with van der Waals surface area (Å²) in [5.41, 5.74) is 4.98. The lowest BCUT2D eigenvalue weighted by Crippen LogP contribution is -2.21. The fourth-order valence-electron chi connectivity index (χ4n) is 4.15. The predicted octanol–water partition coefficient (Wildman–Crippen LogP) is 2.40.